The first-order valence-electron chi connectivity index (χ1n) is 28.9. The Labute approximate surface area is 431 Å². The monoisotopic (exact) mass is 971 g/mol. The van der Waals surface area contributed by atoms with Gasteiger partial charge in [0.15, 0.2) is 6.10 Å². The van der Waals surface area contributed by atoms with Crippen molar-refractivity contribution in [3.63, 3.8) is 0 Å². The number of rotatable bonds is 51. The lowest BCUT2D eigenvalue weighted by atomic mass is 10.1. The maximum atomic E-state index is 12.9. The maximum Gasteiger partial charge on any atom is 0.306 e. The van der Waals surface area contributed by atoms with Crippen LogP contribution >= 0.6 is 0 Å². The molecule has 0 aliphatic rings. The molecule has 1 unspecified atom stereocenters. The van der Waals surface area contributed by atoms with Crippen molar-refractivity contribution in [3.05, 3.63) is 109 Å². The van der Waals surface area contributed by atoms with E-state index in [0.717, 1.165) is 89.9 Å². The second-order valence-corrected chi connectivity index (χ2v) is 18.8. The van der Waals surface area contributed by atoms with Crippen LogP contribution in [0.3, 0.4) is 0 Å². The predicted octanol–water partition coefficient (Wildman–Crippen LogP) is 19.5. The van der Waals surface area contributed by atoms with Crippen LogP contribution in [0.2, 0.25) is 0 Å². The molecule has 6 heteroatoms. The molecule has 0 N–H and O–H groups in total. The van der Waals surface area contributed by atoms with Crippen molar-refractivity contribution < 1.29 is 28.6 Å². The van der Waals surface area contributed by atoms with Crippen molar-refractivity contribution in [1.29, 1.82) is 0 Å². The molecule has 1 atom stereocenters. The van der Waals surface area contributed by atoms with Gasteiger partial charge in [0.05, 0.1) is 0 Å². The van der Waals surface area contributed by atoms with Crippen LogP contribution in [0.4, 0.5) is 0 Å². The Balaban J connectivity index is 4.49. The fourth-order valence-electron chi connectivity index (χ4n) is 7.74. The Morgan fingerprint density at radius 1 is 0.300 bits per heavy atom. The third kappa shape index (κ3) is 55.0. The van der Waals surface area contributed by atoms with E-state index in [1.807, 2.05) is 6.08 Å². The predicted molar refractivity (Wildman–Crippen MR) is 302 cm³/mol. The number of allylic oxidation sites excluding steroid dienone is 18. The van der Waals surface area contributed by atoms with E-state index in [4.69, 9.17) is 14.2 Å². The summed E-state index contributed by atoms with van der Waals surface area (Å²) < 4.78 is 16.8. The summed E-state index contributed by atoms with van der Waals surface area (Å²) >= 11 is 0. The normalized spacial score (nSPS) is 12.9. The van der Waals surface area contributed by atoms with Crippen molar-refractivity contribution in [2.75, 3.05) is 13.2 Å². The van der Waals surface area contributed by atoms with Crippen LogP contribution in [0, 0.1) is 0 Å². The third-order valence-electron chi connectivity index (χ3n) is 12.0. The van der Waals surface area contributed by atoms with Gasteiger partial charge < -0.3 is 14.2 Å². The molecule has 0 aliphatic carbocycles. The Morgan fingerprint density at radius 3 is 0.971 bits per heavy atom. The summed E-state index contributed by atoms with van der Waals surface area (Å²) in [6.45, 7) is 6.35. The van der Waals surface area contributed by atoms with Gasteiger partial charge in [-0.1, -0.05) is 239 Å². The van der Waals surface area contributed by atoms with E-state index in [0.29, 0.717) is 19.3 Å². The van der Waals surface area contributed by atoms with E-state index in [1.54, 1.807) is 0 Å². The molecule has 0 aliphatic heterocycles. The molecule has 0 rings (SSSR count). The molecule has 0 aromatic carbocycles. The highest BCUT2D eigenvalue weighted by Crippen LogP contribution is 2.15. The van der Waals surface area contributed by atoms with Crippen LogP contribution < -0.4 is 0 Å². The fraction of sp³-hybridized carbons (Fsp3) is 0.672. The van der Waals surface area contributed by atoms with E-state index in [2.05, 4.69) is 124 Å². The Morgan fingerprint density at radius 2 is 0.586 bits per heavy atom. The number of esters is 3. The van der Waals surface area contributed by atoms with Gasteiger partial charge in [0, 0.05) is 19.3 Å². The molecule has 0 bridgehead atoms. The lowest BCUT2D eigenvalue weighted by Crippen LogP contribution is -2.30. The highest BCUT2D eigenvalue weighted by atomic mass is 16.6. The molecule has 0 spiro atoms. The first-order valence-corrected chi connectivity index (χ1v) is 28.9. The summed E-state index contributed by atoms with van der Waals surface area (Å²) in [6.07, 6.45) is 78.0. The summed E-state index contributed by atoms with van der Waals surface area (Å²) in [7, 11) is 0. The summed E-state index contributed by atoms with van der Waals surface area (Å²) in [4.78, 5) is 38.2. The number of carbonyl (C=O) groups is 3. The van der Waals surface area contributed by atoms with E-state index in [1.165, 1.54) is 122 Å². The number of hydrogen-bond acceptors (Lipinski definition) is 6. The zero-order valence-corrected chi connectivity index (χ0v) is 45.5. The van der Waals surface area contributed by atoms with E-state index in [9.17, 15) is 14.4 Å². The molecule has 0 heterocycles. The smallest absolute Gasteiger partial charge is 0.306 e. The SMILES string of the molecule is CC/C=C\C/C=C\C/C=C\C/C=C\C/C=C\CCC(=O)OCC(COC(=O)CCCCCCCCCCC/C=C\C/C=C\C/C=C\CC)OC(=O)CCCCCCCCC/C=C\CCCCCCCC. The van der Waals surface area contributed by atoms with Gasteiger partial charge >= 0.3 is 17.9 Å². The fourth-order valence-corrected chi connectivity index (χ4v) is 7.74. The lowest BCUT2D eigenvalue weighted by Gasteiger charge is -2.18. The molecular weight excluding hydrogens is 865 g/mol. The third-order valence-corrected chi connectivity index (χ3v) is 12.0. The van der Waals surface area contributed by atoms with Gasteiger partial charge in [-0.25, -0.2) is 0 Å². The molecule has 398 valence electrons. The average molecular weight is 972 g/mol. The first kappa shape index (κ1) is 66.1. The van der Waals surface area contributed by atoms with Gasteiger partial charge in [-0.05, 0) is 109 Å². The van der Waals surface area contributed by atoms with Gasteiger partial charge in [0.2, 0.25) is 0 Å². The van der Waals surface area contributed by atoms with Crippen molar-refractivity contribution in [1.82, 2.24) is 0 Å². The van der Waals surface area contributed by atoms with Crippen LogP contribution in [-0.4, -0.2) is 37.2 Å². The Kier molecular flexibility index (Phi) is 54.4. The summed E-state index contributed by atoms with van der Waals surface area (Å²) in [6, 6.07) is 0. The largest absolute Gasteiger partial charge is 0.462 e. The van der Waals surface area contributed by atoms with Gasteiger partial charge in [0.25, 0.3) is 0 Å². The summed E-state index contributed by atoms with van der Waals surface area (Å²) in [5, 5.41) is 0. The van der Waals surface area contributed by atoms with Crippen molar-refractivity contribution >= 4 is 17.9 Å². The second kappa shape index (κ2) is 57.6. The van der Waals surface area contributed by atoms with Crippen LogP contribution in [0.5, 0.6) is 0 Å². The molecule has 0 saturated carbocycles. The van der Waals surface area contributed by atoms with Crippen LogP contribution in [0.15, 0.2) is 109 Å². The van der Waals surface area contributed by atoms with Crippen LogP contribution in [0.25, 0.3) is 0 Å². The number of hydrogen-bond donors (Lipinski definition) is 0. The van der Waals surface area contributed by atoms with Crippen molar-refractivity contribution in [3.8, 4) is 0 Å². The van der Waals surface area contributed by atoms with E-state index in [-0.39, 0.29) is 37.5 Å². The minimum atomic E-state index is -0.815. The standard InChI is InChI=1S/C64H106O6/c1-4-7-10-13-16-19-22-25-28-31-32-34-36-39-42-45-48-51-54-57-63(66)69-60-61(59-68-62(65)56-53-50-47-44-41-38-35-30-27-24-21-18-15-12-9-6-3)70-64(67)58-55-52-49-46-43-40-37-33-29-26-23-20-17-14-11-8-5-2/h7,9-10,12,16,18-19,21,25-30,38,41,47,50,61H,4-6,8,11,13-15,17,20,22-24,31-37,39-40,42-46,48-49,51-60H2,1-3H3/b10-7-,12-9-,19-16-,21-18-,28-25-,29-26-,30-27-,41-38-,50-47-. The molecule has 0 radical (unpaired) electrons. The molecule has 0 aromatic rings. The molecule has 0 amide bonds. The molecule has 0 saturated heterocycles. The van der Waals surface area contributed by atoms with Gasteiger partial charge in [-0.3, -0.25) is 14.4 Å². The van der Waals surface area contributed by atoms with Crippen molar-refractivity contribution in [2.24, 2.45) is 0 Å². The number of carbonyl (C=O) groups excluding carboxylic acids is 3. The van der Waals surface area contributed by atoms with Crippen LogP contribution in [-0.2, 0) is 28.6 Å². The van der Waals surface area contributed by atoms with Gasteiger partial charge in [0.1, 0.15) is 13.2 Å². The molecule has 0 aromatic heterocycles. The second-order valence-electron chi connectivity index (χ2n) is 18.8. The Hall–Kier alpha value is -3.93. The zero-order valence-electron chi connectivity index (χ0n) is 45.5. The topological polar surface area (TPSA) is 78.9 Å². The number of ether oxygens (including phenoxy) is 3. The molecular formula is C64H106O6. The van der Waals surface area contributed by atoms with E-state index >= 15 is 0 Å². The van der Waals surface area contributed by atoms with E-state index < -0.39 is 6.10 Å². The Bertz CT molecular complexity index is 1440. The summed E-state index contributed by atoms with van der Waals surface area (Å²) in [5.41, 5.74) is 0. The zero-order chi connectivity index (χ0) is 50.7. The average Bonchev–Trinajstić information content (AvgIpc) is 3.36. The summed E-state index contributed by atoms with van der Waals surface area (Å²) in [5.74, 6) is -1.00. The quantitative estimate of drug-likeness (QED) is 0.0262. The molecule has 0 fully saturated rings. The first-order chi connectivity index (χ1) is 34.5. The molecule has 6 nitrogen and oxygen atoms in total. The van der Waals surface area contributed by atoms with Crippen molar-refractivity contribution in [2.45, 2.75) is 264 Å². The van der Waals surface area contributed by atoms with Crippen LogP contribution in [0.1, 0.15) is 258 Å². The minimum absolute atomic E-state index is 0.107. The minimum Gasteiger partial charge on any atom is -0.462 e. The molecule has 70 heavy (non-hydrogen) atoms. The van der Waals surface area contributed by atoms with Gasteiger partial charge in [-0.2, -0.15) is 0 Å². The highest BCUT2D eigenvalue weighted by molar-refractivity contribution is 5.71. The van der Waals surface area contributed by atoms with Gasteiger partial charge in [-0.15, -0.1) is 0 Å². The number of unbranched alkanes of at least 4 members (excludes halogenated alkanes) is 22. The lowest BCUT2D eigenvalue weighted by molar-refractivity contribution is -0.166. The maximum absolute atomic E-state index is 12.9. The highest BCUT2D eigenvalue weighted by Gasteiger charge is 2.19.